The summed E-state index contributed by atoms with van der Waals surface area (Å²) in [6.07, 6.45) is 0. The molecule has 0 saturated heterocycles. The van der Waals surface area contributed by atoms with Gasteiger partial charge in [-0.25, -0.2) is 4.79 Å². The minimum absolute atomic E-state index is 0.305. The van der Waals surface area contributed by atoms with Crippen LogP contribution in [0.3, 0.4) is 0 Å². The number of benzene rings is 1. The molecule has 2 N–H and O–H groups in total. The summed E-state index contributed by atoms with van der Waals surface area (Å²) < 4.78 is 1.02. The summed E-state index contributed by atoms with van der Waals surface area (Å²) in [7, 11) is 1.86. The van der Waals surface area contributed by atoms with Gasteiger partial charge in [0, 0.05) is 17.6 Å². The lowest BCUT2D eigenvalue weighted by atomic mass is 10.2. The Hall–Kier alpha value is -1.40. The van der Waals surface area contributed by atoms with Gasteiger partial charge >= 0.3 is 6.03 Å². The topological polar surface area (TPSA) is 61.4 Å². The second-order valence-electron chi connectivity index (χ2n) is 5.81. The SMILES string of the molecule is CC(C)CNC(=O)NC(=O)C(C)N(C)Cc1ccc(Br)cc1. The Bertz CT molecular complexity index is 503. The quantitative estimate of drug-likeness (QED) is 0.810. The van der Waals surface area contributed by atoms with Crippen molar-refractivity contribution in [3.8, 4) is 0 Å². The van der Waals surface area contributed by atoms with Crippen molar-refractivity contribution >= 4 is 27.9 Å². The maximum absolute atomic E-state index is 12.1. The minimum atomic E-state index is -0.442. The van der Waals surface area contributed by atoms with Gasteiger partial charge in [-0.15, -0.1) is 0 Å². The molecule has 0 aromatic heterocycles. The molecule has 5 nitrogen and oxygen atoms in total. The van der Waals surface area contributed by atoms with E-state index in [1.165, 1.54) is 0 Å². The molecule has 0 heterocycles. The van der Waals surface area contributed by atoms with Crippen molar-refractivity contribution in [2.24, 2.45) is 5.92 Å². The zero-order chi connectivity index (χ0) is 16.7. The van der Waals surface area contributed by atoms with Gasteiger partial charge in [-0.1, -0.05) is 41.9 Å². The first-order chi connectivity index (χ1) is 10.3. The Balaban J connectivity index is 2.47. The highest BCUT2D eigenvalue weighted by atomic mass is 79.9. The Morgan fingerprint density at radius 3 is 2.32 bits per heavy atom. The number of hydrogen-bond donors (Lipinski definition) is 2. The van der Waals surface area contributed by atoms with E-state index in [1.54, 1.807) is 6.92 Å². The predicted octanol–water partition coefficient (Wildman–Crippen LogP) is 2.75. The van der Waals surface area contributed by atoms with Crippen molar-refractivity contribution in [1.82, 2.24) is 15.5 Å². The molecule has 1 unspecified atom stereocenters. The lowest BCUT2D eigenvalue weighted by molar-refractivity contribution is -0.124. The number of imide groups is 1. The molecule has 22 heavy (non-hydrogen) atoms. The molecule has 0 bridgehead atoms. The monoisotopic (exact) mass is 369 g/mol. The van der Waals surface area contributed by atoms with Crippen LogP contribution in [-0.4, -0.2) is 36.5 Å². The van der Waals surface area contributed by atoms with Gasteiger partial charge in [0.2, 0.25) is 5.91 Å². The summed E-state index contributed by atoms with van der Waals surface area (Å²) in [5.74, 6) is 0.0409. The highest BCUT2D eigenvalue weighted by molar-refractivity contribution is 9.10. The molecule has 1 rings (SSSR count). The molecule has 0 aliphatic heterocycles. The summed E-state index contributed by atoms with van der Waals surface area (Å²) >= 11 is 3.39. The number of carbonyl (C=O) groups excluding carboxylic acids is 2. The maximum Gasteiger partial charge on any atom is 0.321 e. The summed E-state index contributed by atoms with van der Waals surface area (Å²) in [6.45, 7) is 6.95. The lowest BCUT2D eigenvalue weighted by Gasteiger charge is -2.23. The molecule has 1 aromatic carbocycles. The summed E-state index contributed by atoms with van der Waals surface area (Å²) in [6, 6.07) is 7.10. The number of amides is 3. The number of carbonyl (C=O) groups is 2. The fraction of sp³-hybridized carbons (Fsp3) is 0.500. The normalized spacial score (nSPS) is 12.3. The van der Waals surface area contributed by atoms with Crippen molar-refractivity contribution in [3.05, 3.63) is 34.3 Å². The molecule has 1 atom stereocenters. The summed E-state index contributed by atoms with van der Waals surface area (Å²) in [4.78, 5) is 25.6. The number of likely N-dealkylation sites (N-methyl/N-ethyl adjacent to an activating group) is 1. The van der Waals surface area contributed by atoms with E-state index in [1.807, 2.05) is 50.1 Å². The largest absolute Gasteiger partial charge is 0.338 e. The van der Waals surface area contributed by atoms with Crippen molar-refractivity contribution < 1.29 is 9.59 Å². The van der Waals surface area contributed by atoms with E-state index in [0.717, 1.165) is 10.0 Å². The lowest BCUT2D eigenvalue weighted by Crippen LogP contribution is -2.48. The Labute approximate surface area is 140 Å². The molecule has 0 spiro atoms. The Morgan fingerprint density at radius 2 is 1.77 bits per heavy atom. The third-order valence-corrected chi connectivity index (χ3v) is 3.82. The average molecular weight is 370 g/mol. The average Bonchev–Trinajstić information content (AvgIpc) is 2.46. The van der Waals surface area contributed by atoms with Gasteiger partial charge in [-0.05, 0) is 37.6 Å². The third-order valence-electron chi connectivity index (χ3n) is 3.29. The van der Waals surface area contributed by atoms with Crippen molar-refractivity contribution in [1.29, 1.82) is 0 Å². The van der Waals surface area contributed by atoms with Crippen LogP contribution in [0.25, 0.3) is 0 Å². The van der Waals surface area contributed by atoms with E-state index in [4.69, 9.17) is 0 Å². The summed E-state index contributed by atoms with van der Waals surface area (Å²) in [5.41, 5.74) is 1.11. The maximum atomic E-state index is 12.1. The van der Waals surface area contributed by atoms with E-state index in [-0.39, 0.29) is 5.91 Å². The number of halogens is 1. The summed E-state index contributed by atoms with van der Waals surface area (Å²) in [5, 5.41) is 5.04. The van der Waals surface area contributed by atoms with Gasteiger partial charge in [0.15, 0.2) is 0 Å². The first kappa shape index (κ1) is 18.6. The molecule has 0 fully saturated rings. The van der Waals surface area contributed by atoms with Crippen molar-refractivity contribution in [3.63, 3.8) is 0 Å². The fourth-order valence-electron chi connectivity index (χ4n) is 1.77. The first-order valence-electron chi connectivity index (χ1n) is 7.33. The molecule has 0 aliphatic rings. The minimum Gasteiger partial charge on any atom is -0.338 e. The van der Waals surface area contributed by atoms with Crippen LogP contribution in [0.5, 0.6) is 0 Å². The molecular weight excluding hydrogens is 346 g/mol. The predicted molar refractivity (Wildman–Crippen MR) is 91.5 cm³/mol. The highest BCUT2D eigenvalue weighted by Gasteiger charge is 2.20. The number of nitrogens with zero attached hydrogens (tertiary/aromatic N) is 1. The van der Waals surface area contributed by atoms with Crippen LogP contribution in [0.15, 0.2) is 28.7 Å². The van der Waals surface area contributed by atoms with E-state index in [0.29, 0.717) is 19.0 Å². The molecule has 3 amide bonds. The molecule has 6 heteroatoms. The van der Waals surface area contributed by atoms with Crippen LogP contribution >= 0.6 is 15.9 Å². The smallest absolute Gasteiger partial charge is 0.321 e. The van der Waals surface area contributed by atoms with Gasteiger partial charge < -0.3 is 5.32 Å². The van der Waals surface area contributed by atoms with Gasteiger partial charge in [0.1, 0.15) is 0 Å². The molecule has 0 saturated carbocycles. The van der Waals surface area contributed by atoms with E-state index in [2.05, 4.69) is 26.6 Å². The van der Waals surface area contributed by atoms with Gasteiger partial charge in [0.25, 0.3) is 0 Å². The number of rotatable bonds is 6. The first-order valence-corrected chi connectivity index (χ1v) is 8.12. The fourth-order valence-corrected chi connectivity index (χ4v) is 2.04. The van der Waals surface area contributed by atoms with E-state index < -0.39 is 12.1 Å². The standard InChI is InChI=1S/C16H24BrN3O2/c1-11(2)9-18-16(22)19-15(21)12(3)20(4)10-13-5-7-14(17)8-6-13/h5-8,11-12H,9-10H2,1-4H3,(H2,18,19,21,22). The van der Waals surface area contributed by atoms with Crippen LogP contribution in [0.1, 0.15) is 26.3 Å². The Kier molecular flexibility index (Phi) is 7.55. The van der Waals surface area contributed by atoms with Crippen molar-refractivity contribution in [2.45, 2.75) is 33.4 Å². The zero-order valence-electron chi connectivity index (χ0n) is 13.5. The van der Waals surface area contributed by atoms with Gasteiger partial charge in [0.05, 0.1) is 6.04 Å². The second kappa shape index (κ2) is 8.90. The Morgan fingerprint density at radius 1 is 1.18 bits per heavy atom. The van der Waals surface area contributed by atoms with E-state index >= 15 is 0 Å². The van der Waals surface area contributed by atoms with Crippen LogP contribution in [0, 0.1) is 5.92 Å². The van der Waals surface area contributed by atoms with Crippen molar-refractivity contribution in [2.75, 3.05) is 13.6 Å². The van der Waals surface area contributed by atoms with Gasteiger partial charge in [-0.2, -0.15) is 0 Å². The number of urea groups is 1. The zero-order valence-corrected chi connectivity index (χ0v) is 15.1. The molecule has 1 aromatic rings. The van der Waals surface area contributed by atoms with Crippen LogP contribution in [-0.2, 0) is 11.3 Å². The number of hydrogen-bond acceptors (Lipinski definition) is 3. The second-order valence-corrected chi connectivity index (χ2v) is 6.73. The number of nitrogens with one attached hydrogen (secondary N) is 2. The van der Waals surface area contributed by atoms with Crippen LogP contribution < -0.4 is 10.6 Å². The van der Waals surface area contributed by atoms with Crippen LogP contribution in [0.2, 0.25) is 0 Å². The van der Waals surface area contributed by atoms with Gasteiger partial charge in [-0.3, -0.25) is 15.0 Å². The molecular formula is C16H24BrN3O2. The molecule has 122 valence electrons. The highest BCUT2D eigenvalue weighted by Crippen LogP contribution is 2.12. The van der Waals surface area contributed by atoms with E-state index in [9.17, 15) is 9.59 Å². The van der Waals surface area contributed by atoms with Crippen LogP contribution in [0.4, 0.5) is 4.79 Å². The molecule has 0 radical (unpaired) electrons. The molecule has 0 aliphatic carbocycles. The third kappa shape index (κ3) is 6.58.